The molecule has 2 aromatic carbocycles. The van der Waals surface area contributed by atoms with E-state index in [4.69, 9.17) is 11.6 Å². The van der Waals surface area contributed by atoms with Gasteiger partial charge in [0.2, 0.25) is 0 Å². The maximum absolute atomic E-state index is 5.89. The quantitative estimate of drug-likeness (QED) is 0.768. The molecule has 2 heteroatoms. The lowest BCUT2D eigenvalue weighted by molar-refractivity contribution is 0.740. The molecule has 0 bridgehead atoms. The Hall–Kier alpha value is -1.47. The van der Waals surface area contributed by atoms with Gasteiger partial charge in [-0.3, -0.25) is 0 Å². The van der Waals surface area contributed by atoms with Gasteiger partial charge in [-0.1, -0.05) is 41.9 Å². The number of hydrogen-bond acceptors (Lipinski definition) is 1. The van der Waals surface area contributed by atoms with E-state index in [0.29, 0.717) is 6.04 Å². The van der Waals surface area contributed by atoms with Crippen LogP contribution in [0.2, 0.25) is 5.02 Å². The topological polar surface area (TPSA) is 3.24 Å². The maximum Gasteiger partial charge on any atom is 0.0510 e. The Bertz CT molecular complexity index is 464. The number of nitrogens with zero attached hydrogens (tertiary/aromatic N) is 1. The highest BCUT2D eigenvalue weighted by atomic mass is 35.5. The molecule has 0 aliphatic carbocycles. The zero-order valence-corrected chi connectivity index (χ0v) is 10.9. The van der Waals surface area contributed by atoms with E-state index in [9.17, 15) is 0 Å². The molecule has 0 spiro atoms. The van der Waals surface area contributed by atoms with Crippen molar-refractivity contribution in [2.75, 3.05) is 11.9 Å². The molecule has 0 saturated heterocycles. The lowest BCUT2D eigenvalue weighted by Crippen LogP contribution is -2.21. The van der Waals surface area contributed by atoms with Crippen molar-refractivity contribution in [2.45, 2.75) is 13.0 Å². The van der Waals surface area contributed by atoms with Crippen molar-refractivity contribution >= 4 is 17.3 Å². The van der Waals surface area contributed by atoms with E-state index in [1.807, 2.05) is 30.3 Å². The van der Waals surface area contributed by atoms with Crippen molar-refractivity contribution in [1.29, 1.82) is 0 Å². The minimum absolute atomic E-state index is 0.345. The van der Waals surface area contributed by atoms with Gasteiger partial charge in [-0.2, -0.15) is 0 Å². The standard InChI is InChI=1S/C15H16ClN/c1-12(13-6-4-3-5-7-13)17(2)15-10-8-14(16)9-11-15/h3-12H,1-2H3. The number of anilines is 1. The first-order valence-electron chi connectivity index (χ1n) is 5.72. The molecule has 1 atom stereocenters. The molecule has 0 N–H and O–H groups in total. The van der Waals surface area contributed by atoms with E-state index in [1.54, 1.807) is 0 Å². The summed E-state index contributed by atoms with van der Waals surface area (Å²) in [5, 5.41) is 0.773. The third kappa shape index (κ3) is 2.80. The van der Waals surface area contributed by atoms with Crippen LogP contribution in [0.1, 0.15) is 18.5 Å². The maximum atomic E-state index is 5.89. The fourth-order valence-electron chi connectivity index (χ4n) is 1.85. The van der Waals surface area contributed by atoms with Gasteiger partial charge < -0.3 is 4.90 Å². The predicted molar refractivity (Wildman–Crippen MR) is 74.7 cm³/mol. The van der Waals surface area contributed by atoms with E-state index in [0.717, 1.165) is 5.02 Å². The van der Waals surface area contributed by atoms with Gasteiger partial charge in [0, 0.05) is 17.8 Å². The molecule has 0 amide bonds. The van der Waals surface area contributed by atoms with Gasteiger partial charge in [0.15, 0.2) is 0 Å². The Morgan fingerprint density at radius 1 is 0.941 bits per heavy atom. The molecule has 1 nitrogen and oxygen atoms in total. The molecule has 0 radical (unpaired) electrons. The highest BCUT2D eigenvalue weighted by molar-refractivity contribution is 6.30. The van der Waals surface area contributed by atoms with Crippen LogP contribution >= 0.6 is 11.6 Å². The first-order chi connectivity index (χ1) is 8.18. The van der Waals surface area contributed by atoms with E-state index in [2.05, 4.69) is 43.1 Å². The van der Waals surface area contributed by atoms with Crippen molar-refractivity contribution in [1.82, 2.24) is 0 Å². The second kappa shape index (κ2) is 5.24. The normalized spacial score (nSPS) is 12.2. The Labute approximate surface area is 108 Å². The summed E-state index contributed by atoms with van der Waals surface area (Å²) in [6.07, 6.45) is 0. The first kappa shape index (κ1) is 12.0. The number of hydrogen-bond donors (Lipinski definition) is 0. The molecule has 0 aromatic heterocycles. The van der Waals surface area contributed by atoms with Crippen LogP contribution in [0, 0.1) is 0 Å². The molecule has 2 rings (SSSR count). The Morgan fingerprint density at radius 3 is 2.12 bits per heavy atom. The van der Waals surface area contributed by atoms with Crippen molar-refractivity contribution in [3.8, 4) is 0 Å². The van der Waals surface area contributed by atoms with Crippen LogP contribution in [0.4, 0.5) is 5.69 Å². The van der Waals surface area contributed by atoms with Gasteiger partial charge in [-0.05, 0) is 36.8 Å². The summed E-state index contributed by atoms with van der Waals surface area (Å²) in [6, 6.07) is 18.8. The van der Waals surface area contributed by atoms with E-state index < -0.39 is 0 Å². The SMILES string of the molecule is CC(c1ccccc1)N(C)c1ccc(Cl)cc1. The van der Waals surface area contributed by atoms with Crippen molar-refractivity contribution < 1.29 is 0 Å². The van der Waals surface area contributed by atoms with Crippen molar-refractivity contribution in [3.05, 3.63) is 65.2 Å². The Balaban J connectivity index is 2.20. The van der Waals surface area contributed by atoms with Crippen LogP contribution in [0.3, 0.4) is 0 Å². The third-order valence-corrected chi connectivity index (χ3v) is 3.35. The third-order valence-electron chi connectivity index (χ3n) is 3.10. The van der Waals surface area contributed by atoms with Gasteiger partial charge in [0.1, 0.15) is 0 Å². The molecule has 17 heavy (non-hydrogen) atoms. The minimum atomic E-state index is 0.345. The lowest BCUT2D eigenvalue weighted by Gasteiger charge is -2.27. The van der Waals surface area contributed by atoms with Gasteiger partial charge >= 0.3 is 0 Å². The molecule has 0 heterocycles. The lowest BCUT2D eigenvalue weighted by atomic mass is 10.1. The molecule has 88 valence electrons. The number of halogens is 1. The molecular weight excluding hydrogens is 230 g/mol. The zero-order valence-electron chi connectivity index (χ0n) is 10.1. The van der Waals surface area contributed by atoms with Crippen LogP contribution in [0.25, 0.3) is 0 Å². The van der Waals surface area contributed by atoms with Crippen LogP contribution in [0.15, 0.2) is 54.6 Å². The molecule has 0 fully saturated rings. The molecule has 1 unspecified atom stereocenters. The summed E-state index contributed by atoms with van der Waals surface area (Å²) < 4.78 is 0. The second-order valence-corrected chi connectivity index (χ2v) is 4.61. The van der Waals surface area contributed by atoms with Crippen molar-refractivity contribution in [2.24, 2.45) is 0 Å². The summed E-state index contributed by atoms with van der Waals surface area (Å²) in [4.78, 5) is 2.24. The Kier molecular flexibility index (Phi) is 3.70. The highest BCUT2D eigenvalue weighted by Gasteiger charge is 2.11. The summed E-state index contributed by atoms with van der Waals surface area (Å²) in [5.41, 5.74) is 2.48. The second-order valence-electron chi connectivity index (χ2n) is 4.17. The van der Waals surface area contributed by atoms with Gasteiger partial charge in [-0.25, -0.2) is 0 Å². The average Bonchev–Trinajstić information content (AvgIpc) is 2.39. The summed E-state index contributed by atoms with van der Waals surface area (Å²) in [6.45, 7) is 2.20. The average molecular weight is 246 g/mol. The summed E-state index contributed by atoms with van der Waals surface area (Å²) in [5.74, 6) is 0. The van der Waals surface area contributed by atoms with Crippen LogP contribution in [-0.4, -0.2) is 7.05 Å². The van der Waals surface area contributed by atoms with Crippen LogP contribution < -0.4 is 4.90 Å². The molecule has 2 aromatic rings. The first-order valence-corrected chi connectivity index (χ1v) is 6.09. The van der Waals surface area contributed by atoms with Gasteiger partial charge in [0.05, 0.1) is 6.04 Å². The van der Waals surface area contributed by atoms with E-state index in [-0.39, 0.29) is 0 Å². The van der Waals surface area contributed by atoms with E-state index in [1.165, 1.54) is 11.3 Å². The van der Waals surface area contributed by atoms with Crippen LogP contribution in [0.5, 0.6) is 0 Å². The fourth-order valence-corrected chi connectivity index (χ4v) is 1.98. The fraction of sp³-hybridized carbons (Fsp3) is 0.200. The molecule has 0 aliphatic rings. The predicted octanol–water partition coefficient (Wildman–Crippen LogP) is 4.54. The van der Waals surface area contributed by atoms with Gasteiger partial charge in [0.25, 0.3) is 0 Å². The molecule has 0 saturated carbocycles. The minimum Gasteiger partial charge on any atom is -0.368 e. The summed E-state index contributed by atoms with van der Waals surface area (Å²) in [7, 11) is 2.10. The largest absolute Gasteiger partial charge is 0.368 e. The summed E-state index contributed by atoms with van der Waals surface area (Å²) >= 11 is 5.89. The number of benzene rings is 2. The van der Waals surface area contributed by atoms with Crippen molar-refractivity contribution in [3.63, 3.8) is 0 Å². The zero-order chi connectivity index (χ0) is 12.3. The molecular formula is C15H16ClN. The number of rotatable bonds is 3. The van der Waals surface area contributed by atoms with E-state index >= 15 is 0 Å². The van der Waals surface area contributed by atoms with Crippen LogP contribution in [-0.2, 0) is 0 Å². The Morgan fingerprint density at radius 2 is 1.53 bits per heavy atom. The monoisotopic (exact) mass is 245 g/mol. The highest BCUT2D eigenvalue weighted by Crippen LogP contribution is 2.25. The smallest absolute Gasteiger partial charge is 0.0510 e. The molecule has 0 aliphatic heterocycles. The van der Waals surface area contributed by atoms with Gasteiger partial charge in [-0.15, -0.1) is 0 Å².